The number of rotatable bonds is 9. The number of hydrogen-bond donors (Lipinski definition) is 0. The molecule has 0 bridgehead atoms. The summed E-state index contributed by atoms with van der Waals surface area (Å²) in [6.45, 7) is 5.97. The van der Waals surface area contributed by atoms with Crippen LogP contribution in [-0.2, 0) is 14.3 Å². The first-order chi connectivity index (χ1) is 8.59. The first-order valence-corrected chi connectivity index (χ1v) is 7.40. The highest BCUT2D eigenvalue weighted by atomic mass is 16.8. The minimum absolute atomic E-state index is 0.0480. The third-order valence-corrected chi connectivity index (χ3v) is 3.45. The van der Waals surface area contributed by atoms with Crippen LogP contribution in [0.3, 0.4) is 0 Å². The fourth-order valence-electron chi connectivity index (χ4n) is 2.50. The Morgan fingerprint density at radius 2 is 1.61 bits per heavy atom. The highest BCUT2D eigenvalue weighted by Crippen LogP contribution is 2.30. The topological polar surface area (TPSA) is 35.5 Å². The minimum atomic E-state index is -0.600. The zero-order chi connectivity index (χ0) is 13.4. The van der Waals surface area contributed by atoms with Crippen LogP contribution in [0.4, 0.5) is 0 Å². The maximum Gasteiger partial charge on any atom is 0.164 e. The highest BCUT2D eigenvalue weighted by Gasteiger charge is 2.40. The summed E-state index contributed by atoms with van der Waals surface area (Å²) in [5, 5.41) is 0. The average molecular weight is 256 g/mol. The molecule has 1 rings (SSSR count). The quantitative estimate of drug-likeness (QED) is 0.464. The lowest BCUT2D eigenvalue weighted by Crippen LogP contribution is -2.23. The van der Waals surface area contributed by atoms with Crippen LogP contribution in [0.15, 0.2) is 0 Å². The molecule has 106 valence electrons. The summed E-state index contributed by atoms with van der Waals surface area (Å²) in [6.07, 6.45) is 10.4. The number of carbonyl (C=O) groups excluding carboxylic acids is 1. The van der Waals surface area contributed by atoms with Crippen LogP contribution < -0.4 is 0 Å². The van der Waals surface area contributed by atoms with Crippen LogP contribution in [0.1, 0.15) is 72.1 Å². The molecule has 0 aromatic rings. The van der Waals surface area contributed by atoms with E-state index in [0.29, 0.717) is 0 Å². The minimum Gasteiger partial charge on any atom is -0.344 e. The number of hydrogen-bond acceptors (Lipinski definition) is 3. The lowest BCUT2D eigenvalue weighted by Gasteiger charge is -2.16. The third kappa shape index (κ3) is 5.49. The average Bonchev–Trinajstić information content (AvgIpc) is 2.63. The molecule has 0 aromatic carbocycles. The second-order valence-electron chi connectivity index (χ2n) is 5.68. The molecule has 0 amide bonds. The van der Waals surface area contributed by atoms with E-state index in [1.54, 1.807) is 0 Å². The molecule has 0 aliphatic carbocycles. The largest absolute Gasteiger partial charge is 0.344 e. The van der Waals surface area contributed by atoms with Gasteiger partial charge >= 0.3 is 0 Å². The Morgan fingerprint density at radius 3 is 2.22 bits per heavy atom. The molecule has 1 saturated heterocycles. The first kappa shape index (κ1) is 15.6. The maximum atomic E-state index is 10.9. The number of ether oxygens (including phenoxy) is 2. The molecule has 0 unspecified atom stereocenters. The molecule has 2 atom stereocenters. The van der Waals surface area contributed by atoms with E-state index in [-0.39, 0.29) is 12.2 Å². The van der Waals surface area contributed by atoms with Gasteiger partial charge < -0.3 is 14.3 Å². The lowest BCUT2D eigenvalue weighted by atomic mass is 10.0. The van der Waals surface area contributed by atoms with Crippen molar-refractivity contribution in [2.45, 2.75) is 90.1 Å². The Hall–Kier alpha value is -0.410. The Bertz CT molecular complexity index is 238. The Labute approximate surface area is 111 Å². The van der Waals surface area contributed by atoms with Crippen molar-refractivity contribution in [2.24, 2.45) is 0 Å². The van der Waals surface area contributed by atoms with Gasteiger partial charge in [0.05, 0.1) is 6.10 Å². The van der Waals surface area contributed by atoms with E-state index >= 15 is 0 Å². The van der Waals surface area contributed by atoms with Gasteiger partial charge in [-0.15, -0.1) is 0 Å². The Kier molecular flexibility index (Phi) is 6.87. The summed E-state index contributed by atoms with van der Waals surface area (Å²) >= 11 is 0. The summed E-state index contributed by atoms with van der Waals surface area (Å²) < 4.78 is 11.3. The van der Waals surface area contributed by atoms with Crippen molar-refractivity contribution in [1.82, 2.24) is 0 Å². The molecule has 1 aliphatic rings. The van der Waals surface area contributed by atoms with Gasteiger partial charge in [-0.1, -0.05) is 51.9 Å². The van der Waals surface area contributed by atoms with Crippen LogP contribution in [0.25, 0.3) is 0 Å². The molecule has 18 heavy (non-hydrogen) atoms. The molecule has 1 fully saturated rings. The van der Waals surface area contributed by atoms with Gasteiger partial charge in [0.25, 0.3) is 0 Å². The molecule has 1 aliphatic heterocycles. The van der Waals surface area contributed by atoms with E-state index in [9.17, 15) is 4.79 Å². The van der Waals surface area contributed by atoms with Gasteiger partial charge in [0.15, 0.2) is 12.1 Å². The van der Waals surface area contributed by atoms with Crippen LogP contribution in [0.5, 0.6) is 0 Å². The smallest absolute Gasteiger partial charge is 0.164 e. The predicted octanol–water partition coefficient (Wildman–Crippen LogP) is 3.85. The SMILES string of the molecule is CCCCCCCCC[C@@H]1OC(C)(C)O[C@H]1C=O. The molecule has 0 radical (unpaired) electrons. The van der Waals surface area contributed by atoms with Crippen molar-refractivity contribution < 1.29 is 14.3 Å². The molecule has 3 nitrogen and oxygen atoms in total. The third-order valence-electron chi connectivity index (χ3n) is 3.45. The van der Waals surface area contributed by atoms with Crippen molar-refractivity contribution in [2.75, 3.05) is 0 Å². The fraction of sp³-hybridized carbons (Fsp3) is 0.933. The Balaban J connectivity index is 2.09. The zero-order valence-electron chi connectivity index (χ0n) is 12.1. The van der Waals surface area contributed by atoms with Crippen LogP contribution in [0.2, 0.25) is 0 Å². The zero-order valence-corrected chi connectivity index (χ0v) is 12.1. The maximum absolute atomic E-state index is 10.9. The predicted molar refractivity (Wildman–Crippen MR) is 72.5 cm³/mol. The molecule has 0 saturated carbocycles. The van der Waals surface area contributed by atoms with Crippen LogP contribution in [-0.4, -0.2) is 24.3 Å². The van der Waals surface area contributed by atoms with Gasteiger partial charge in [-0.25, -0.2) is 0 Å². The summed E-state index contributed by atoms with van der Waals surface area (Å²) in [4.78, 5) is 10.9. The fourth-order valence-corrected chi connectivity index (χ4v) is 2.50. The molecule has 1 heterocycles. The molecule has 0 aromatic heterocycles. The normalized spacial score (nSPS) is 26.4. The first-order valence-electron chi connectivity index (χ1n) is 7.40. The van der Waals surface area contributed by atoms with Gasteiger partial charge in [-0.3, -0.25) is 0 Å². The summed E-state index contributed by atoms with van der Waals surface area (Å²) in [7, 11) is 0. The van der Waals surface area contributed by atoms with Gasteiger partial charge in [-0.05, 0) is 20.3 Å². The molecular formula is C15H28O3. The molecule has 0 spiro atoms. The second-order valence-corrected chi connectivity index (χ2v) is 5.68. The highest BCUT2D eigenvalue weighted by molar-refractivity contribution is 5.57. The van der Waals surface area contributed by atoms with Crippen LogP contribution in [0, 0.1) is 0 Å². The van der Waals surface area contributed by atoms with E-state index in [0.717, 1.165) is 19.1 Å². The molecule has 0 N–H and O–H groups in total. The van der Waals surface area contributed by atoms with Crippen LogP contribution >= 0.6 is 0 Å². The van der Waals surface area contributed by atoms with Gasteiger partial charge in [0.1, 0.15) is 6.10 Å². The standard InChI is InChI=1S/C15H28O3/c1-4-5-6-7-8-9-10-11-13-14(12-16)18-15(2,3)17-13/h12-14H,4-11H2,1-3H3/t13-,14-/m0/s1. The van der Waals surface area contributed by atoms with E-state index in [1.165, 1.54) is 38.5 Å². The van der Waals surface area contributed by atoms with Gasteiger partial charge in [0, 0.05) is 0 Å². The summed E-state index contributed by atoms with van der Waals surface area (Å²) in [6, 6.07) is 0. The monoisotopic (exact) mass is 256 g/mol. The van der Waals surface area contributed by atoms with Gasteiger partial charge in [-0.2, -0.15) is 0 Å². The van der Waals surface area contributed by atoms with E-state index in [2.05, 4.69) is 6.92 Å². The molecule has 3 heteroatoms. The lowest BCUT2D eigenvalue weighted by molar-refractivity contribution is -0.150. The van der Waals surface area contributed by atoms with Gasteiger partial charge in [0.2, 0.25) is 0 Å². The summed E-state index contributed by atoms with van der Waals surface area (Å²) in [5.41, 5.74) is 0. The molecular weight excluding hydrogens is 228 g/mol. The second kappa shape index (κ2) is 7.90. The number of carbonyl (C=O) groups is 1. The number of unbranched alkanes of at least 4 members (excludes halogenated alkanes) is 6. The van der Waals surface area contributed by atoms with Crippen molar-refractivity contribution in [3.63, 3.8) is 0 Å². The van der Waals surface area contributed by atoms with E-state index < -0.39 is 5.79 Å². The van der Waals surface area contributed by atoms with E-state index in [1.807, 2.05) is 13.8 Å². The van der Waals surface area contributed by atoms with Crippen molar-refractivity contribution >= 4 is 6.29 Å². The van der Waals surface area contributed by atoms with Crippen molar-refractivity contribution in [1.29, 1.82) is 0 Å². The van der Waals surface area contributed by atoms with Crippen molar-refractivity contribution in [3.05, 3.63) is 0 Å². The number of aldehydes is 1. The summed E-state index contributed by atoms with van der Waals surface area (Å²) in [5.74, 6) is -0.600. The van der Waals surface area contributed by atoms with E-state index in [4.69, 9.17) is 9.47 Å². The van der Waals surface area contributed by atoms with Crippen molar-refractivity contribution in [3.8, 4) is 0 Å². The Morgan fingerprint density at radius 1 is 1.00 bits per heavy atom.